The molecular formula is C25H34. The maximum absolute atomic E-state index is 2.42. The van der Waals surface area contributed by atoms with Gasteiger partial charge in [-0.2, -0.15) is 0 Å². The fourth-order valence-corrected chi connectivity index (χ4v) is 4.72. The second kappa shape index (κ2) is 8.70. The van der Waals surface area contributed by atoms with Gasteiger partial charge in [0.1, 0.15) is 0 Å². The first-order chi connectivity index (χ1) is 12.3. The zero-order valence-corrected chi connectivity index (χ0v) is 16.1. The number of allylic oxidation sites excluding steroid dienone is 6. The average Bonchev–Trinajstić information content (AvgIpc) is 2.69. The van der Waals surface area contributed by atoms with Crippen molar-refractivity contribution in [3.05, 3.63) is 71.8 Å². The number of hydrogen-bond acceptors (Lipinski definition) is 0. The van der Waals surface area contributed by atoms with Crippen LogP contribution in [0.4, 0.5) is 0 Å². The zero-order chi connectivity index (χ0) is 17.5. The summed E-state index contributed by atoms with van der Waals surface area (Å²) in [7, 11) is 0. The van der Waals surface area contributed by atoms with Gasteiger partial charge >= 0.3 is 0 Å². The molecule has 1 unspecified atom stereocenters. The van der Waals surface area contributed by atoms with Crippen LogP contribution >= 0.6 is 0 Å². The van der Waals surface area contributed by atoms with Crippen LogP contribution in [-0.2, 0) is 5.41 Å². The summed E-state index contributed by atoms with van der Waals surface area (Å²) in [5.74, 6) is 1.74. The van der Waals surface area contributed by atoms with Crippen molar-refractivity contribution in [2.24, 2.45) is 5.92 Å². The summed E-state index contributed by atoms with van der Waals surface area (Å²) >= 11 is 0. The van der Waals surface area contributed by atoms with Crippen LogP contribution in [0.15, 0.2) is 60.7 Å². The van der Waals surface area contributed by atoms with E-state index < -0.39 is 0 Å². The van der Waals surface area contributed by atoms with E-state index in [2.05, 4.69) is 74.6 Å². The van der Waals surface area contributed by atoms with Crippen LogP contribution in [0.2, 0.25) is 0 Å². The molecule has 0 aliphatic heterocycles. The van der Waals surface area contributed by atoms with Crippen LogP contribution in [0, 0.1) is 5.92 Å². The Hall–Kier alpha value is -1.56. The molecule has 0 bridgehead atoms. The van der Waals surface area contributed by atoms with Crippen molar-refractivity contribution < 1.29 is 0 Å². The summed E-state index contributed by atoms with van der Waals surface area (Å²) < 4.78 is 0. The van der Waals surface area contributed by atoms with Crippen LogP contribution < -0.4 is 0 Å². The molecule has 0 aromatic heterocycles. The van der Waals surface area contributed by atoms with Gasteiger partial charge in [-0.1, -0.05) is 67.6 Å². The Labute approximate surface area is 154 Å². The van der Waals surface area contributed by atoms with Gasteiger partial charge in [0, 0.05) is 5.41 Å². The Bertz CT molecular complexity index is 608. The molecule has 0 N–H and O–H groups in total. The smallest absolute Gasteiger partial charge is 0.0167 e. The van der Waals surface area contributed by atoms with Crippen LogP contribution in [0.25, 0.3) is 0 Å². The molecule has 134 valence electrons. The molecule has 1 fully saturated rings. The molecule has 2 aliphatic carbocycles. The van der Waals surface area contributed by atoms with Gasteiger partial charge in [-0.25, -0.2) is 0 Å². The lowest BCUT2D eigenvalue weighted by Crippen LogP contribution is -2.23. The van der Waals surface area contributed by atoms with Crippen molar-refractivity contribution in [1.82, 2.24) is 0 Å². The molecule has 2 aliphatic rings. The lowest BCUT2D eigenvalue weighted by atomic mass is 9.72. The van der Waals surface area contributed by atoms with Gasteiger partial charge in [-0.05, 0) is 81.3 Å². The first-order valence-corrected chi connectivity index (χ1v) is 10.3. The van der Waals surface area contributed by atoms with E-state index in [1.54, 1.807) is 5.56 Å². The highest BCUT2D eigenvalue weighted by molar-refractivity contribution is 5.38. The first kappa shape index (κ1) is 18.2. The predicted octanol–water partition coefficient (Wildman–Crippen LogP) is 7.48. The van der Waals surface area contributed by atoms with Crippen LogP contribution in [0.5, 0.6) is 0 Å². The van der Waals surface area contributed by atoms with Gasteiger partial charge < -0.3 is 0 Å². The molecule has 0 heteroatoms. The average molecular weight is 335 g/mol. The highest BCUT2D eigenvalue weighted by Gasteiger charge is 2.28. The maximum atomic E-state index is 2.42. The van der Waals surface area contributed by atoms with Crippen molar-refractivity contribution in [3.8, 4) is 0 Å². The normalized spacial score (nSPS) is 29.4. The Morgan fingerprint density at radius 2 is 1.80 bits per heavy atom. The zero-order valence-electron chi connectivity index (χ0n) is 16.1. The molecule has 0 saturated heterocycles. The van der Waals surface area contributed by atoms with Gasteiger partial charge in [0.25, 0.3) is 0 Å². The van der Waals surface area contributed by atoms with E-state index >= 15 is 0 Å². The molecule has 1 saturated carbocycles. The summed E-state index contributed by atoms with van der Waals surface area (Å²) in [6.07, 6.45) is 24.2. The van der Waals surface area contributed by atoms with E-state index in [0.717, 1.165) is 18.3 Å². The minimum absolute atomic E-state index is 0.220. The fraction of sp³-hybridized carbons (Fsp3) is 0.520. The summed E-state index contributed by atoms with van der Waals surface area (Å²) in [6.45, 7) is 4.44. The highest BCUT2D eigenvalue weighted by Crippen LogP contribution is 2.40. The number of benzene rings is 1. The third-order valence-electron chi connectivity index (χ3n) is 6.56. The van der Waals surface area contributed by atoms with Crippen LogP contribution in [0.3, 0.4) is 0 Å². The number of hydrogen-bond donors (Lipinski definition) is 0. The largest absolute Gasteiger partial charge is 0.0917 e. The quantitative estimate of drug-likeness (QED) is 0.473. The lowest BCUT2D eigenvalue weighted by molar-refractivity contribution is 0.312. The summed E-state index contributed by atoms with van der Waals surface area (Å²) in [5, 5.41) is 0. The molecular weight excluding hydrogens is 300 g/mol. The standard InChI is InChI=1S/C25H34/c1-3-5-7-10-21-11-13-22(14-12-21)23-15-17-24(18-16-23)25(4-2)19-8-6-9-20-25/h3,5-6,8-9,15-19,21-22H,4,7,10-14,20H2,1-2H3/b5-3+. The molecule has 1 aromatic rings. The molecule has 0 heterocycles. The Kier molecular flexibility index (Phi) is 6.34. The molecule has 0 nitrogen and oxygen atoms in total. The second-order valence-electron chi connectivity index (χ2n) is 7.99. The summed E-state index contributed by atoms with van der Waals surface area (Å²) in [4.78, 5) is 0. The monoisotopic (exact) mass is 334 g/mol. The molecule has 0 spiro atoms. The van der Waals surface area contributed by atoms with Crippen molar-refractivity contribution in [2.75, 3.05) is 0 Å². The molecule has 1 atom stereocenters. The number of rotatable bonds is 6. The van der Waals surface area contributed by atoms with Crippen LogP contribution in [0.1, 0.15) is 82.3 Å². The third-order valence-corrected chi connectivity index (χ3v) is 6.56. The minimum atomic E-state index is 0.220. The van der Waals surface area contributed by atoms with Gasteiger partial charge in [0.05, 0.1) is 0 Å². The molecule has 25 heavy (non-hydrogen) atoms. The highest BCUT2D eigenvalue weighted by atomic mass is 14.3. The lowest BCUT2D eigenvalue weighted by Gasteiger charge is -2.32. The van der Waals surface area contributed by atoms with Gasteiger partial charge in [-0.3, -0.25) is 0 Å². The molecule has 0 radical (unpaired) electrons. The van der Waals surface area contributed by atoms with Crippen molar-refractivity contribution in [2.45, 2.75) is 76.5 Å². The predicted molar refractivity (Wildman–Crippen MR) is 110 cm³/mol. The van der Waals surface area contributed by atoms with E-state index in [9.17, 15) is 0 Å². The van der Waals surface area contributed by atoms with E-state index in [1.807, 2.05) is 0 Å². The van der Waals surface area contributed by atoms with E-state index in [0.29, 0.717) is 0 Å². The first-order valence-electron chi connectivity index (χ1n) is 10.3. The second-order valence-corrected chi connectivity index (χ2v) is 7.99. The van der Waals surface area contributed by atoms with Gasteiger partial charge in [-0.15, -0.1) is 0 Å². The minimum Gasteiger partial charge on any atom is -0.0917 e. The molecule has 0 amide bonds. The van der Waals surface area contributed by atoms with Crippen molar-refractivity contribution in [3.63, 3.8) is 0 Å². The third kappa shape index (κ3) is 4.35. The van der Waals surface area contributed by atoms with Crippen molar-refractivity contribution in [1.29, 1.82) is 0 Å². The van der Waals surface area contributed by atoms with E-state index in [1.165, 1.54) is 50.5 Å². The molecule has 1 aromatic carbocycles. The fourth-order valence-electron chi connectivity index (χ4n) is 4.72. The summed E-state index contributed by atoms with van der Waals surface area (Å²) in [5.41, 5.74) is 3.27. The van der Waals surface area contributed by atoms with Crippen molar-refractivity contribution >= 4 is 0 Å². The Morgan fingerprint density at radius 3 is 2.40 bits per heavy atom. The Morgan fingerprint density at radius 1 is 1.04 bits per heavy atom. The van der Waals surface area contributed by atoms with Gasteiger partial charge in [0.2, 0.25) is 0 Å². The van der Waals surface area contributed by atoms with Crippen LogP contribution in [-0.4, -0.2) is 0 Å². The summed E-state index contributed by atoms with van der Waals surface area (Å²) in [6, 6.07) is 9.65. The maximum Gasteiger partial charge on any atom is 0.0167 e. The van der Waals surface area contributed by atoms with Gasteiger partial charge in [0.15, 0.2) is 0 Å². The molecule has 3 rings (SSSR count). The Balaban J connectivity index is 1.60. The SMILES string of the molecule is C/C=C/CCC1CCC(c2ccc(C3(CC)C=CC=CC3)cc2)CC1. The van der Waals surface area contributed by atoms with E-state index in [4.69, 9.17) is 0 Å². The topological polar surface area (TPSA) is 0 Å². The van der Waals surface area contributed by atoms with E-state index in [-0.39, 0.29) is 5.41 Å².